The lowest BCUT2D eigenvalue weighted by Crippen LogP contribution is -2.53. The molecule has 0 saturated carbocycles. The first-order valence-corrected chi connectivity index (χ1v) is 28.5. The number of para-hydroxylation sites is 4. The van der Waals surface area contributed by atoms with Crippen molar-refractivity contribution in [1.29, 1.82) is 0 Å². The standard InChI is InChI=1S/C66H70N2O4Si/c1-41(2)73(42(3)4,39-71-60-33-32-47(66(10,11)12)38-52(60)53-34-43(5)35-58(62(53)69)67-54-28-17-13-24-48(54)49-25-14-18-29-55(49)67)40-72-64-44(6)36-59(63(70)61(64)45-22-21-23-46(37-45)65(7,8)9)68-56-30-19-15-26-50(56)51-27-16-20-31-57(51)68/h13-38,41-42,69-70H,39-40H2,1-12H3. The number of aromatic nitrogens is 2. The molecule has 0 fully saturated rings. The van der Waals surface area contributed by atoms with Gasteiger partial charge in [0.2, 0.25) is 0 Å². The Balaban J connectivity index is 1.08. The summed E-state index contributed by atoms with van der Waals surface area (Å²) in [5.74, 6) is 1.79. The van der Waals surface area contributed by atoms with Crippen LogP contribution in [0.2, 0.25) is 11.1 Å². The van der Waals surface area contributed by atoms with Crippen molar-refractivity contribution >= 4 is 51.7 Å². The van der Waals surface area contributed by atoms with Crippen molar-refractivity contribution in [2.24, 2.45) is 0 Å². The molecule has 0 aliphatic carbocycles. The van der Waals surface area contributed by atoms with Crippen LogP contribution in [-0.2, 0) is 10.8 Å². The van der Waals surface area contributed by atoms with Gasteiger partial charge in [0.1, 0.15) is 25.3 Å². The van der Waals surface area contributed by atoms with E-state index in [-0.39, 0.29) is 33.4 Å². The number of aryl methyl sites for hydroxylation is 2. The van der Waals surface area contributed by atoms with E-state index < -0.39 is 8.07 Å². The highest BCUT2D eigenvalue weighted by molar-refractivity contribution is 6.82. The molecule has 10 rings (SSSR count). The van der Waals surface area contributed by atoms with Crippen LogP contribution in [0.5, 0.6) is 23.0 Å². The number of nitrogens with zero attached hydrogens (tertiary/aromatic N) is 2. The van der Waals surface area contributed by atoms with E-state index in [4.69, 9.17) is 9.47 Å². The summed E-state index contributed by atoms with van der Waals surface area (Å²) < 4.78 is 19.0. The quantitative estimate of drug-likeness (QED) is 0.120. The van der Waals surface area contributed by atoms with E-state index in [0.717, 1.165) is 88.4 Å². The first kappa shape index (κ1) is 49.4. The predicted molar refractivity (Wildman–Crippen MR) is 310 cm³/mol. The highest BCUT2D eigenvalue weighted by atomic mass is 28.3. The summed E-state index contributed by atoms with van der Waals surface area (Å²) in [5.41, 5.74) is 13.3. The van der Waals surface area contributed by atoms with Crippen molar-refractivity contribution in [3.63, 3.8) is 0 Å². The van der Waals surface area contributed by atoms with Gasteiger partial charge in [0, 0.05) is 32.7 Å². The van der Waals surface area contributed by atoms with Crippen LogP contribution in [0.3, 0.4) is 0 Å². The number of phenolic OH excluding ortho intramolecular Hbond substituents is 2. The Kier molecular flexibility index (Phi) is 12.6. The number of rotatable bonds is 12. The Hall–Kier alpha value is -7.22. The van der Waals surface area contributed by atoms with E-state index in [1.165, 1.54) is 5.56 Å². The number of hydrogen-bond acceptors (Lipinski definition) is 4. The second-order valence-electron chi connectivity index (χ2n) is 23.1. The molecule has 8 aromatic carbocycles. The monoisotopic (exact) mass is 983 g/mol. The summed E-state index contributed by atoms with van der Waals surface area (Å²) in [6.07, 6.45) is 0.947. The molecule has 73 heavy (non-hydrogen) atoms. The van der Waals surface area contributed by atoms with Crippen LogP contribution in [0.15, 0.2) is 158 Å². The van der Waals surface area contributed by atoms with Gasteiger partial charge in [0.05, 0.1) is 51.5 Å². The normalized spacial score (nSPS) is 12.6. The maximum atomic E-state index is 12.9. The Bertz CT molecular complexity index is 3610. The smallest absolute Gasteiger partial charge is 0.151 e. The van der Waals surface area contributed by atoms with E-state index in [0.29, 0.717) is 29.5 Å². The van der Waals surface area contributed by atoms with Gasteiger partial charge < -0.3 is 28.8 Å². The SMILES string of the molecule is Cc1cc(-c2cc(C(C)(C)C)ccc2OC[Si](COc2c(C)cc(-n3c4ccccc4c4ccccc43)c(O)c2-c2cccc(C(C)(C)C)c2)(C(C)C)C(C)C)c(O)c(-n2c3ccccc3c3ccccc32)c1. The molecule has 2 heterocycles. The third kappa shape index (κ3) is 8.65. The average molecular weight is 983 g/mol. The van der Waals surface area contributed by atoms with Crippen molar-refractivity contribution < 1.29 is 19.7 Å². The number of aromatic hydroxyl groups is 2. The largest absolute Gasteiger partial charge is 0.505 e. The van der Waals surface area contributed by atoms with Gasteiger partial charge in [0.25, 0.3) is 0 Å². The number of fused-ring (bicyclic) bond motifs is 6. The molecule has 0 amide bonds. The molecule has 0 spiro atoms. The van der Waals surface area contributed by atoms with Crippen molar-refractivity contribution in [3.8, 4) is 56.6 Å². The first-order chi connectivity index (χ1) is 34.8. The maximum absolute atomic E-state index is 12.9. The molecular weight excluding hydrogens is 913 g/mol. The van der Waals surface area contributed by atoms with Gasteiger partial charge in [-0.15, -0.1) is 0 Å². The fourth-order valence-corrected chi connectivity index (χ4v) is 14.8. The second-order valence-corrected chi connectivity index (χ2v) is 28.4. The minimum atomic E-state index is -2.57. The van der Waals surface area contributed by atoms with E-state index in [2.05, 4.69) is 250 Å². The van der Waals surface area contributed by atoms with E-state index in [1.54, 1.807) is 0 Å². The van der Waals surface area contributed by atoms with Gasteiger partial charge in [0.15, 0.2) is 5.75 Å². The summed E-state index contributed by atoms with van der Waals surface area (Å²) in [6.45, 7) is 26.8. The van der Waals surface area contributed by atoms with Crippen molar-refractivity contribution in [3.05, 3.63) is 180 Å². The van der Waals surface area contributed by atoms with Crippen molar-refractivity contribution in [1.82, 2.24) is 9.13 Å². The van der Waals surface area contributed by atoms with Gasteiger partial charge in [-0.2, -0.15) is 0 Å². The number of hydrogen-bond donors (Lipinski definition) is 2. The van der Waals surface area contributed by atoms with Crippen LogP contribution in [-0.4, -0.2) is 39.9 Å². The highest BCUT2D eigenvalue weighted by Crippen LogP contribution is 2.49. The zero-order valence-electron chi connectivity index (χ0n) is 44.7. The van der Waals surface area contributed by atoms with Gasteiger partial charge in [-0.3, -0.25) is 0 Å². The minimum absolute atomic E-state index is 0.118. The number of phenols is 2. The molecule has 6 nitrogen and oxygen atoms in total. The van der Waals surface area contributed by atoms with Crippen LogP contribution >= 0.6 is 0 Å². The van der Waals surface area contributed by atoms with Gasteiger partial charge >= 0.3 is 0 Å². The summed E-state index contributed by atoms with van der Waals surface area (Å²) in [5, 5.41) is 30.2. The molecule has 2 N–H and O–H groups in total. The Morgan fingerprint density at radius 2 is 0.945 bits per heavy atom. The Labute approximate surface area is 432 Å². The van der Waals surface area contributed by atoms with Crippen molar-refractivity contribution in [2.75, 3.05) is 12.5 Å². The number of ether oxygens (including phenoxy) is 2. The molecule has 2 aromatic heterocycles. The average Bonchev–Trinajstić information content (AvgIpc) is 3.87. The Morgan fingerprint density at radius 3 is 1.44 bits per heavy atom. The van der Waals surface area contributed by atoms with E-state index >= 15 is 0 Å². The van der Waals surface area contributed by atoms with Gasteiger partial charge in [-0.05, 0) is 118 Å². The maximum Gasteiger partial charge on any atom is 0.151 e. The van der Waals surface area contributed by atoms with Crippen LogP contribution in [0.4, 0.5) is 0 Å². The first-order valence-electron chi connectivity index (χ1n) is 26.0. The topological polar surface area (TPSA) is 68.8 Å². The molecular formula is C66H70N2O4Si. The summed E-state index contributed by atoms with van der Waals surface area (Å²) in [7, 11) is -2.57. The second kappa shape index (κ2) is 18.7. The zero-order valence-corrected chi connectivity index (χ0v) is 45.7. The molecule has 0 aliphatic heterocycles. The lowest BCUT2D eigenvalue weighted by Gasteiger charge is -2.39. The van der Waals surface area contributed by atoms with Gasteiger partial charge in [-0.1, -0.05) is 172 Å². The molecule has 0 unspecified atom stereocenters. The third-order valence-electron chi connectivity index (χ3n) is 15.7. The summed E-state index contributed by atoms with van der Waals surface area (Å²) in [4.78, 5) is 0. The molecule has 0 radical (unpaired) electrons. The van der Waals surface area contributed by atoms with E-state index in [9.17, 15) is 10.2 Å². The van der Waals surface area contributed by atoms with Crippen LogP contribution in [0.1, 0.15) is 91.5 Å². The van der Waals surface area contributed by atoms with Crippen LogP contribution < -0.4 is 9.47 Å². The lowest BCUT2D eigenvalue weighted by molar-refractivity contribution is 0.332. The minimum Gasteiger partial charge on any atom is -0.505 e. The molecule has 0 bridgehead atoms. The fraction of sp³-hybridized carbons (Fsp3) is 0.273. The van der Waals surface area contributed by atoms with Crippen molar-refractivity contribution in [2.45, 2.75) is 105 Å². The number of benzene rings is 8. The molecule has 0 atom stereocenters. The third-order valence-corrected chi connectivity index (χ3v) is 21.7. The Morgan fingerprint density at radius 1 is 0.479 bits per heavy atom. The van der Waals surface area contributed by atoms with E-state index in [1.807, 2.05) is 0 Å². The zero-order chi connectivity index (χ0) is 51.7. The molecule has 0 aliphatic rings. The molecule has 10 aromatic rings. The van der Waals surface area contributed by atoms with Crippen LogP contribution in [0.25, 0.3) is 77.2 Å². The highest BCUT2D eigenvalue weighted by Gasteiger charge is 2.43. The predicted octanol–water partition coefficient (Wildman–Crippen LogP) is 17.6. The van der Waals surface area contributed by atoms with Gasteiger partial charge in [-0.25, -0.2) is 0 Å². The molecule has 0 saturated heterocycles. The molecule has 7 heteroatoms. The fourth-order valence-electron chi connectivity index (χ4n) is 11.2. The molecule has 372 valence electrons. The summed E-state index contributed by atoms with van der Waals surface area (Å²) >= 11 is 0. The lowest BCUT2D eigenvalue weighted by atomic mass is 9.85. The summed E-state index contributed by atoms with van der Waals surface area (Å²) in [6, 6.07) is 55.0. The van der Waals surface area contributed by atoms with Crippen LogP contribution in [0, 0.1) is 13.8 Å².